The van der Waals surface area contributed by atoms with Gasteiger partial charge in [0, 0.05) is 58.5 Å². The molecule has 45 heavy (non-hydrogen) atoms. The number of aromatic nitrogens is 4. The van der Waals surface area contributed by atoms with E-state index in [0.717, 1.165) is 22.7 Å². The van der Waals surface area contributed by atoms with Crippen LogP contribution in [0.15, 0.2) is 59.3 Å². The summed E-state index contributed by atoms with van der Waals surface area (Å²) in [5.74, 6) is -2.84. The number of fused-ring (bicyclic) bond motifs is 1. The first-order chi connectivity index (χ1) is 21.7. The van der Waals surface area contributed by atoms with Crippen molar-refractivity contribution in [3.05, 3.63) is 65.7 Å². The molecular formula is C27H25N10O6S2+. The van der Waals surface area contributed by atoms with E-state index >= 15 is 0 Å². The summed E-state index contributed by atoms with van der Waals surface area (Å²) in [7, 11) is 0. The summed E-state index contributed by atoms with van der Waals surface area (Å²) in [4.78, 5) is 63.2. The van der Waals surface area contributed by atoms with Gasteiger partial charge in [-0.3, -0.25) is 24.6 Å². The summed E-state index contributed by atoms with van der Waals surface area (Å²) in [5, 5.41) is 26.5. The molecule has 3 aromatic heterocycles. The topological polar surface area (TPSA) is 233 Å². The molecule has 3 aromatic rings. The van der Waals surface area contributed by atoms with E-state index in [1.54, 1.807) is 42.4 Å². The molecule has 3 amide bonds. The Morgan fingerprint density at radius 3 is 2.80 bits per heavy atom. The van der Waals surface area contributed by atoms with Crippen LogP contribution in [0.4, 0.5) is 5.13 Å². The normalized spacial score (nSPS) is 17.8. The highest BCUT2D eigenvalue weighted by atomic mass is 32.2. The second-order valence-electron chi connectivity index (χ2n) is 9.47. The van der Waals surface area contributed by atoms with Crippen LogP contribution < -0.4 is 20.9 Å². The first-order valence-electron chi connectivity index (χ1n) is 13.3. The zero-order valence-electron chi connectivity index (χ0n) is 23.5. The van der Waals surface area contributed by atoms with Gasteiger partial charge in [-0.2, -0.15) is 14.6 Å². The lowest BCUT2D eigenvalue weighted by atomic mass is 10.0. The monoisotopic (exact) mass is 649 g/mol. The molecule has 5 rings (SSSR count). The number of aromatic amines is 1. The third-order valence-electron chi connectivity index (χ3n) is 6.59. The molecule has 2 atom stereocenters. The molecule has 1 saturated heterocycles. The Morgan fingerprint density at radius 1 is 1.36 bits per heavy atom. The number of thioether (sulfide) groups is 1. The minimum Gasteiger partial charge on any atom is -0.477 e. The number of nitrogens with zero attached hydrogens (tertiary/aromatic N) is 6. The number of hydrogen-bond donors (Lipinski definition) is 5. The van der Waals surface area contributed by atoms with Crippen LogP contribution in [-0.2, 0) is 30.6 Å². The molecule has 1 fully saturated rings. The van der Waals surface area contributed by atoms with Crippen LogP contribution in [0, 0.1) is 11.5 Å². The maximum absolute atomic E-state index is 13.2. The summed E-state index contributed by atoms with van der Waals surface area (Å²) >= 11 is 2.21. The van der Waals surface area contributed by atoms with Crippen molar-refractivity contribution in [3.63, 3.8) is 0 Å². The number of carbonyl (C=O) groups is 4. The molecule has 2 aliphatic rings. The van der Waals surface area contributed by atoms with Gasteiger partial charge in [-0.15, -0.1) is 11.8 Å². The van der Waals surface area contributed by atoms with Crippen LogP contribution in [0.5, 0.6) is 0 Å². The smallest absolute Gasteiger partial charge is 0.352 e. The summed E-state index contributed by atoms with van der Waals surface area (Å²) < 4.78 is 5.79. The number of H-pyrrole nitrogens is 1. The van der Waals surface area contributed by atoms with Crippen molar-refractivity contribution in [1.82, 2.24) is 29.9 Å². The van der Waals surface area contributed by atoms with Crippen LogP contribution in [0.2, 0.25) is 0 Å². The lowest BCUT2D eigenvalue weighted by Gasteiger charge is -2.49. The standard InChI is InChI=1S/C27H24N10O6S2/c1-2-43-34-19(22-33-27(29)45-35-22)23(39)32-20-24(40)37-21(26(41)42)16(12-44-25(20)37)11-36-7-5-14(6-8-36)15-9-17(30-10-15)3-4-18(38)31-13-28/h3-10,20,25H,2,11-12H2,1H3,(H5,29,31,32,33,35,38,39,41,42)/p+1/b4-3+,34-19+. The van der Waals surface area contributed by atoms with Crippen LogP contribution in [-0.4, -0.2) is 77.5 Å². The van der Waals surface area contributed by atoms with Gasteiger partial charge in [-0.1, -0.05) is 5.16 Å². The van der Waals surface area contributed by atoms with Crippen LogP contribution in [0.1, 0.15) is 18.4 Å². The Hall–Kier alpha value is -5.54. The third kappa shape index (κ3) is 6.68. The van der Waals surface area contributed by atoms with Crippen molar-refractivity contribution in [2.45, 2.75) is 24.9 Å². The molecule has 0 spiro atoms. The van der Waals surface area contributed by atoms with Gasteiger partial charge in [-0.25, -0.2) is 9.36 Å². The maximum Gasteiger partial charge on any atom is 0.352 e. The van der Waals surface area contributed by atoms with Crippen molar-refractivity contribution in [2.75, 3.05) is 18.1 Å². The predicted octanol–water partition coefficient (Wildman–Crippen LogP) is 0.193. The molecule has 0 radical (unpaired) electrons. The molecule has 16 nitrogen and oxygen atoms in total. The zero-order valence-corrected chi connectivity index (χ0v) is 25.1. The van der Waals surface area contributed by atoms with Crippen LogP contribution in [0.25, 0.3) is 17.2 Å². The highest BCUT2D eigenvalue weighted by Gasteiger charge is 2.55. The number of pyridine rings is 1. The molecule has 2 aliphatic heterocycles. The number of aliphatic carboxylic acids is 1. The van der Waals surface area contributed by atoms with Gasteiger partial charge < -0.3 is 26.0 Å². The summed E-state index contributed by atoms with van der Waals surface area (Å²) in [6.45, 7) is 2.08. The predicted molar refractivity (Wildman–Crippen MR) is 161 cm³/mol. The number of nitrogens with two attached hydrogens (primary N) is 1. The second-order valence-corrected chi connectivity index (χ2v) is 11.4. The van der Waals surface area contributed by atoms with Crippen molar-refractivity contribution < 1.29 is 33.7 Å². The highest BCUT2D eigenvalue weighted by molar-refractivity contribution is 8.00. The second kappa shape index (κ2) is 13.4. The van der Waals surface area contributed by atoms with Gasteiger partial charge in [0.2, 0.25) is 11.5 Å². The molecule has 0 aliphatic carbocycles. The van der Waals surface area contributed by atoms with Crippen LogP contribution in [0.3, 0.4) is 0 Å². The lowest BCUT2D eigenvalue weighted by molar-refractivity contribution is -0.689. The van der Waals surface area contributed by atoms with Crippen molar-refractivity contribution in [2.24, 2.45) is 5.16 Å². The van der Waals surface area contributed by atoms with E-state index in [-0.39, 0.29) is 35.5 Å². The van der Waals surface area contributed by atoms with E-state index in [0.29, 0.717) is 17.0 Å². The Morgan fingerprint density at radius 2 is 2.13 bits per heavy atom. The molecule has 18 heteroatoms. The number of anilines is 1. The number of carboxylic acids is 1. The summed E-state index contributed by atoms with van der Waals surface area (Å²) in [6, 6.07) is 4.55. The molecule has 6 N–H and O–H groups in total. The van der Waals surface area contributed by atoms with E-state index < -0.39 is 35.1 Å². The third-order valence-corrected chi connectivity index (χ3v) is 8.47. The minimum absolute atomic E-state index is 0.0466. The largest absolute Gasteiger partial charge is 0.477 e. The number of hydrogen-bond acceptors (Lipinski definition) is 12. The Kier molecular flexibility index (Phi) is 9.20. The number of oxime groups is 1. The van der Waals surface area contributed by atoms with E-state index in [1.807, 2.05) is 23.5 Å². The number of rotatable bonds is 11. The first kappa shape index (κ1) is 30.9. The average molecular weight is 650 g/mol. The quantitative estimate of drug-likeness (QED) is 0.0358. The van der Waals surface area contributed by atoms with Gasteiger partial charge in [-0.05, 0) is 24.6 Å². The number of carboxylic acid groups (broad SMARTS) is 1. The molecule has 0 aromatic carbocycles. The van der Waals surface area contributed by atoms with Gasteiger partial charge in [0.1, 0.15) is 23.7 Å². The lowest BCUT2D eigenvalue weighted by Crippen LogP contribution is -2.71. The van der Waals surface area contributed by atoms with Crippen molar-refractivity contribution in [3.8, 4) is 17.3 Å². The Balaban J connectivity index is 1.27. The zero-order chi connectivity index (χ0) is 32.1. The fourth-order valence-electron chi connectivity index (χ4n) is 4.57. The molecule has 2 unspecified atom stereocenters. The number of nitrogen functional groups attached to an aromatic ring is 1. The van der Waals surface area contributed by atoms with Crippen LogP contribution >= 0.6 is 23.3 Å². The van der Waals surface area contributed by atoms with E-state index in [9.17, 15) is 24.3 Å². The van der Waals surface area contributed by atoms with E-state index in [2.05, 4.69) is 24.8 Å². The number of nitrogens with one attached hydrogen (secondary N) is 3. The minimum atomic E-state index is -1.25. The maximum atomic E-state index is 13.2. The number of nitriles is 1. The fourth-order valence-corrected chi connectivity index (χ4v) is 6.34. The van der Waals surface area contributed by atoms with Gasteiger partial charge in [0.05, 0.1) is 0 Å². The molecule has 5 heterocycles. The number of amides is 3. The average Bonchev–Trinajstić information content (AvgIpc) is 3.68. The molecule has 0 bridgehead atoms. The van der Waals surface area contributed by atoms with E-state index in [1.165, 1.54) is 22.7 Å². The molecule has 0 saturated carbocycles. The van der Waals surface area contributed by atoms with Crippen molar-refractivity contribution in [1.29, 1.82) is 5.26 Å². The van der Waals surface area contributed by atoms with Crippen molar-refractivity contribution >= 4 is 63.9 Å². The molecular weight excluding hydrogens is 624 g/mol. The van der Waals surface area contributed by atoms with Gasteiger partial charge in [0.25, 0.3) is 17.7 Å². The number of β-lactam (4-membered cyclic amide) rings is 1. The van der Waals surface area contributed by atoms with Gasteiger partial charge >= 0.3 is 5.97 Å². The SMILES string of the molecule is CCO/N=C(/C(=O)NC1C(=O)N2C(C(=O)O)=C(C[n+]3ccc(-c4c[nH]c(/C=C/C(=O)NC#N)c4)cc3)CSC12)c1nsc(N)n1. The Labute approximate surface area is 263 Å². The molecule has 230 valence electrons. The summed E-state index contributed by atoms with van der Waals surface area (Å²) in [5.41, 5.74) is 8.18. The first-order valence-corrected chi connectivity index (χ1v) is 15.1. The Bertz CT molecular complexity index is 1790. The number of carbonyl (C=O) groups excluding carboxylic acids is 3. The summed E-state index contributed by atoms with van der Waals surface area (Å²) in [6.07, 6.45) is 9.70. The fraction of sp³-hybridized carbons (Fsp3) is 0.222. The van der Waals surface area contributed by atoms with E-state index in [4.69, 9.17) is 15.8 Å². The van der Waals surface area contributed by atoms with Gasteiger partial charge in [0.15, 0.2) is 30.3 Å². The highest BCUT2D eigenvalue weighted by Crippen LogP contribution is 2.40.